The van der Waals surface area contributed by atoms with E-state index in [0.717, 1.165) is 13.1 Å². The third-order valence-electron chi connectivity index (χ3n) is 4.62. The molecule has 5 N–H and O–H groups in total. The Bertz CT molecular complexity index is 328. The van der Waals surface area contributed by atoms with Gasteiger partial charge < -0.3 is 29.8 Å². The van der Waals surface area contributed by atoms with Crippen LogP contribution in [0.4, 0.5) is 0 Å². The highest BCUT2D eigenvalue weighted by molar-refractivity contribution is 7.45. The van der Waals surface area contributed by atoms with Crippen LogP contribution >= 0.6 is 7.82 Å². The van der Waals surface area contributed by atoms with E-state index in [1.54, 1.807) is 7.11 Å². The highest BCUT2D eigenvalue weighted by atomic mass is 31.2. The molecule has 0 radical (unpaired) electrons. The number of rotatable bonds is 19. The monoisotopic (exact) mass is 427 g/mol. The summed E-state index contributed by atoms with van der Waals surface area (Å²) in [5.41, 5.74) is 0. The minimum Gasteiger partial charge on any atom is -0.394 e. The topological polar surface area (TPSA) is 119 Å². The molecule has 1 atom stereocenters. The lowest BCUT2D eigenvalue weighted by atomic mass is 10.0. The van der Waals surface area contributed by atoms with E-state index in [0.29, 0.717) is 0 Å². The van der Waals surface area contributed by atoms with Crippen LogP contribution in [0, 0.1) is 0 Å². The zero-order valence-electron chi connectivity index (χ0n) is 18.2. The zero-order valence-corrected chi connectivity index (χ0v) is 19.0. The summed E-state index contributed by atoms with van der Waals surface area (Å²) in [7, 11) is -2.99. The summed E-state index contributed by atoms with van der Waals surface area (Å²) >= 11 is 0. The predicted molar refractivity (Wildman–Crippen MR) is 115 cm³/mol. The Morgan fingerprint density at radius 2 is 1.14 bits per heavy atom. The lowest BCUT2D eigenvalue weighted by Crippen LogP contribution is -2.31. The Hall–Kier alpha value is -0.0100. The maximum atomic E-state index is 8.99. The second-order valence-electron chi connectivity index (χ2n) is 7.35. The number of phosphoric acid groups is 1. The summed E-state index contributed by atoms with van der Waals surface area (Å²) in [6.07, 6.45) is 19.6. The highest BCUT2D eigenvalue weighted by Gasteiger charge is 2.03. The number of nitrogens with one attached hydrogen (secondary N) is 1. The largest absolute Gasteiger partial charge is 0.466 e. The fourth-order valence-electron chi connectivity index (χ4n) is 2.93. The summed E-state index contributed by atoms with van der Waals surface area (Å²) in [6.45, 7) is 4.18. The van der Waals surface area contributed by atoms with Crippen molar-refractivity contribution in [2.75, 3.05) is 26.8 Å². The van der Waals surface area contributed by atoms with Crippen molar-refractivity contribution in [2.45, 2.75) is 103 Å². The molecule has 0 spiro atoms. The average Bonchev–Trinajstić information content (AvgIpc) is 2.63. The number of hydrogen-bond acceptors (Lipinski definition) is 4. The maximum Gasteiger partial charge on any atom is 0.466 e. The normalized spacial score (nSPS) is 12.5. The van der Waals surface area contributed by atoms with Crippen molar-refractivity contribution in [1.82, 2.24) is 5.32 Å². The molecule has 0 amide bonds. The lowest BCUT2D eigenvalue weighted by molar-refractivity contribution is 0.0493. The maximum absolute atomic E-state index is 8.99. The summed E-state index contributed by atoms with van der Waals surface area (Å²) in [5, 5.41) is 12.3. The Morgan fingerprint density at radius 3 is 1.46 bits per heavy atom. The summed E-state index contributed by atoms with van der Waals surface area (Å²) in [4.78, 5) is 21.6. The minimum absolute atomic E-state index is 0.0540. The van der Waals surface area contributed by atoms with Crippen LogP contribution in [0.1, 0.15) is 96.8 Å². The van der Waals surface area contributed by atoms with Crippen LogP contribution in [-0.4, -0.2) is 52.7 Å². The van der Waals surface area contributed by atoms with E-state index in [9.17, 15) is 0 Å². The van der Waals surface area contributed by atoms with E-state index in [2.05, 4.69) is 12.2 Å². The molecule has 0 aliphatic carbocycles. The Morgan fingerprint density at radius 1 is 0.786 bits per heavy atom. The first-order valence-corrected chi connectivity index (χ1v) is 12.5. The van der Waals surface area contributed by atoms with Gasteiger partial charge in [0.2, 0.25) is 0 Å². The minimum atomic E-state index is -4.64. The van der Waals surface area contributed by atoms with Crippen molar-refractivity contribution in [3.05, 3.63) is 0 Å². The number of aliphatic hydroxyl groups excluding tert-OH is 1. The van der Waals surface area contributed by atoms with E-state index >= 15 is 0 Å². The van der Waals surface area contributed by atoms with E-state index < -0.39 is 7.82 Å². The second-order valence-corrected chi connectivity index (χ2v) is 8.38. The van der Waals surface area contributed by atoms with Gasteiger partial charge in [0.25, 0.3) is 0 Å². The van der Waals surface area contributed by atoms with Crippen LogP contribution in [0.2, 0.25) is 0 Å². The summed E-state index contributed by atoms with van der Waals surface area (Å²) < 4.78 is 14.0. The molecule has 0 rings (SSSR count). The first-order valence-electron chi connectivity index (χ1n) is 11.0. The molecular weight excluding hydrogens is 381 g/mol. The molecule has 28 heavy (non-hydrogen) atoms. The van der Waals surface area contributed by atoms with Gasteiger partial charge in [0.1, 0.15) is 0 Å². The van der Waals surface area contributed by atoms with Gasteiger partial charge in [-0.05, 0) is 13.0 Å². The Balaban J connectivity index is 0. The SMILES string of the molecule is CCCCCCCCCCCCCCCCNCC(CO)OC.O=P(O)(O)O. The van der Waals surface area contributed by atoms with Crippen LogP contribution in [0.3, 0.4) is 0 Å². The first kappa shape index (κ1) is 30.2. The molecule has 0 aliphatic rings. The molecule has 0 aliphatic heterocycles. The Kier molecular flexibility index (Phi) is 25.1. The molecule has 0 heterocycles. The molecule has 0 aromatic carbocycles. The predicted octanol–water partition coefficient (Wildman–Crippen LogP) is 4.14. The van der Waals surface area contributed by atoms with E-state index in [1.165, 1.54) is 89.9 Å². The van der Waals surface area contributed by atoms with Gasteiger partial charge >= 0.3 is 7.82 Å². The van der Waals surface area contributed by atoms with E-state index in [4.69, 9.17) is 29.1 Å². The molecule has 8 heteroatoms. The number of hydrogen-bond donors (Lipinski definition) is 5. The van der Waals surface area contributed by atoms with Gasteiger partial charge in [-0.1, -0.05) is 90.4 Å². The molecule has 0 aromatic rings. The fourth-order valence-corrected chi connectivity index (χ4v) is 2.93. The van der Waals surface area contributed by atoms with Crippen LogP contribution in [0.25, 0.3) is 0 Å². The first-order chi connectivity index (χ1) is 13.3. The van der Waals surface area contributed by atoms with Gasteiger partial charge in [-0.3, -0.25) is 0 Å². The molecule has 0 bridgehead atoms. The van der Waals surface area contributed by atoms with Crippen LogP contribution < -0.4 is 5.32 Å². The molecule has 0 aromatic heterocycles. The number of unbranched alkanes of at least 4 members (excludes halogenated alkanes) is 13. The van der Waals surface area contributed by atoms with E-state index in [-0.39, 0.29) is 12.7 Å². The molecular formula is C20H46NO6P. The van der Waals surface area contributed by atoms with Gasteiger partial charge in [-0.2, -0.15) is 0 Å². The second kappa shape index (κ2) is 23.3. The molecule has 0 fully saturated rings. The molecule has 7 nitrogen and oxygen atoms in total. The molecule has 172 valence electrons. The van der Waals surface area contributed by atoms with Crippen LogP contribution in [0.15, 0.2) is 0 Å². The fraction of sp³-hybridized carbons (Fsp3) is 1.00. The third-order valence-corrected chi connectivity index (χ3v) is 4.62. The molecule has 0 saturated carbocycles. The van der Waals surface area contributed by atoms with Gasteiger partial charge in [-0.15, -0.1) is 0 Å². The van der Waals surface area contributed by atoms with Crippen molar-refractivity contribution < 1.29 is 29.1 Å². The third kappa shape index (κ3) is 33.6. The van der Waals surface area contributed by atoms with Gasteiger partial charge in [0.15, 0.2) is 0 Å². The molecule has 0 saturated heterocycles. The standard InChI is InChI=1S/C20H43NO2.H3O4P/c1-3-4-5-6-7-8-9-10-11-12-13-14-15-16-17-21-18-20(19-22)23-2;1-5(2,3)4/h20-22H,3-19H2,1-2H3;(H3,1,2,3,4). The number of aliphatic hydroxyl groups is 1. The van der Waals surface area contributed by atoms with Gasteiger partial charge in [-0.25, -0.2) is 4.57 Å². The smallest absolute Gasteiger partial charge is 0.394 e. The summed E-state index contributed by atoms with van der Waals surface area (Å²) in [5.74, 6) is 0. The van der Waals surface area contributed by atoms with Crippen molar-refractivity contribution in [1.29, 1.82) is 0 Å². The van der Waals surface area contributed by atoms with Crippen molar-refractivity contribution >= 4 is 7.82 Å². The van der Waals surface area contributed by atoms with Gasteiger partial charge in [0.05, 0.1) is 12.7 Å². The lowest BCUT2D eigenvalue weighted by Gasteiger charge is -2.12. The highest BCUT2D eigenvalue weighted by Crippen LogP contribution is 2.25. The Labute approximate surface area is 172 Å². The average molecular weight is 428 g/mol. The zero-order chi connectivity index (χ0) is 21.5. The summed E-state index contributed by atoms with van der Waals surface area (Å²) in [6, 6.07) is 0. The van der Waals surface area contributed by atoms with Gasteiger partial charge in [0, 0.05) is 13.7 Å². The molecule has 1 unspecified atom stereocenters. The van der Waals surface area contributed by atoms with Crippen molar-refractivity contribution in [3.63, 3.8) is 0 Å². The van der Waals surface area contributed by atoms with Crippen molar-refractivity contribution in [2.24, 2.45) is 0 Å². The van der Waals surface area contributed by atoms with Crippen molar-refractivity contribution in [3.8, 4) is 0 Å². The van der Waals surface area contributed by atoms with E-state index in [1.807, 2.05) is 0 Å². The number of ether oxygens (including phenoxy) is 1. The quantitative estimate of drug-likeness (QED) is 0.155. The number of methoxy groups -OCH3 is 1. The van der Waals surface area contributed by atoms with Crippen LogP contribution in [-0.2, 0) is 9.30 Å². The van der Waals surface area contributed by atoms with Crippen LogP contribution in [0.5, 0.6) is 0 Å².